The van der Waals surface area contributed by atoms with Gasteiger partial charge in [-0.1, -0.05) is 12.1 Å². The molecule has 2 aromatic heterocycles. The van der Waals surface area contributed by atoms with Crippen LogP contribution in [0.15, 0.2) is 47.5 Å². The number of nitrogens with one attached hydrogen (secondary N) is 2. The first-order valence-corrected chi connectivity index (χ1v) is 6.34. The number of fused-ring (bicyclic) bond motifs is 1. The van der Waals surface area contributed by atoms with Gasteiger partial charge in [-0.2, -0.15) is 5.26 Å². The second-order valence-electron chi connectivity index (χ2n) is 4.42. The molecule has 0 saturated carbocycles. The highest BCUT2D eigenvalue weighted by Crippen LogP contribution is 2.13. The molecule has 3 rings (SSSR count). The van der Waals surface area contributed by atoms with E-state index in [1.165, 1.54) is 0 Å². The van der Waals surface area contributed by atoms with Gasteiger partial charge in [0.2, 0.25) is 0 Å². The molecule has 6 nitrogen and oxygen atoms in total. The average molecular weight is 277 g/mol. The van der Waals surface area contributed by atoms with Gasteiger partial charge in [-0.25, -0.2) is 4.98 Å². The lowest BCUT2D eigenvalue weighted by atomic mass is 10.2. The molecule has 0 unspecified atom stereocenters. The molecule has 0 fully saturated rings. The number of benzene rings is 1. The van der Waals surface area contributed by atoms with Crippen LogP contribution < -0.4 is 10.9 Å². The number of nitrogens with zero attached hydrogens (tertiary/aromatic N) is 3. The molecule has 102 valence electrons. The van der Waals surface area contributed by atoms with E-state index in [0.717, 1.165) is 0 Å². The molecule has 2 N–H and O–H groups in total. The molecule has 0 aliphatic rings. The van der Waals surface area contributed by atoms with Crippen LogP contribution >= 0.6 is 0 Å². The van der Waals surface area contributed by atoms with Gasteiger partial charge in [0.15, 0.2) is 0 Å². The Labute approximate surface area is 120 Å². The summed E-state index contributed by atoms with van der Waals surface area (Å²) in [4.78, 5) is 23.0. The van der Waals surface area contributed by atoms with Gasteiger partial charge in [0.05, 0.1) is 34.9 Å². The van der Waals surface area contributed by atoms with Crippen LogP contribution in [0.1, 0.15) is 11.4 Å². The first-order valence-electron chi connectivity index (χ1n) is 6.34. The third kappa shape index (κ3) is 2.58. The number of hydrogen-bond donors (Lipinski definition) is 2. The third-order valence-corrected chi connectivity index (χ3v) is 3.05. The lowest BCUT2D eigenvalue weighted by Gasteiger charge is -2.07. The summed E-state index contributed by atoms with van der Waals surface area (Å²) in [6.07, 6.45) is 3.12. The maximum atomic E-state index is 11.9. The van der Waals surface area contributed by atoms with Crippen molar-refractivity contribution in [3.8, 4) is 6.07 Å². The van der Waals surface area contributed by atoms with Gasteiger partial charge in [-0.05, 0) is 18.2 Å². The number of anilines is 1. The normalized spacial score (nSPS) is 10.2. The van der Waals surface area contributed by atoms with Crippen molar-refractivity contribution in [2.75, 3.05) is 5.32 Å². The van der Waals surface area contributed by atoms with E-state index in [1.807, 2.05) is 6.07 Å². The summed E-state index contributed by atoms with van der Waals surface area (Å²) in [5.41, 5.74) is 1.57. The zero-order chi connectivity index (χ0) is 14.7. The first kappa shape index (κ1) is 12.8. The maximum Gasteiger partial charge on any atom is 0.258 e. The van der Waals surface area contributed by atoms with Crippen LogP contribution in [0.25, 0.3) is 10.9 Å². The third-order valence-electron chi connectivity index (χ3n) is 3.05. The summed E-state index contributed by atoms with van der Waals surface area (Å²) in [6, 6.07) is 10.9. The smallest absolute Gasteiger partial charge is 0.258 e. The van der Waals surface area contributed by atoms with E-state index in [0.29, 0.717) is 34.5 Å². The molecule has 6 heteroatoms. The van der Waals surface area contributed by atoms with Crippen LogP contribution in [-0.4, -0.2) is 15.0 Å². The van der Waals surface area contributed by atoms with Gasteiger partial charge in [-0.15, -0.1) is 0 Å². The molecule has 0 bridgehead atoms. The zero-order valence-corrected chi connectivity index (χ0v) is 11.0. The number of nitriles is 1. The minimum atomic E-state index is -0.177. The summed E-state index contributed by atoms with van der Waals surface area (Å²) in [7, 11) is 0. The fourth-order valence-electron chi connectivity index (χ4n) is 2.03. The predicted octanol–water partition coefficient (Wildman–Crippen LogP) is 1.80. The minimum absolute atomic E-state index is 0.177. The van der Waals surface area contributed by atoms with Gasteiger partial charge in [0.25, 0.3) is 5.56 Å². The number of hydrogen-bond acceptors (Lipinski definition) is 5. The van der Waals surface area contributed by atoms with Gasteiger partial charge in [0, 0.05) is 6.20 Å². The van der Waals surface area contributed by atoms with Crippen molar-refractivity contribution in [2.45, 2.75) is 6.54 Å². The quantitative estimate of drug-likeness (QED) is 0.761. The summed E-state index contributed by atoms with van der Waals surface area (Å²) >= 11 is 0. The first-order chi connectivity index (χ1) is 10.3. The topological polar surface area (TPSA) is 94.5 Å². The number of pyridine rings is 1. The lowest BCUT2D eigenvalue weighted by Crippen LogP contribution is -2.14. The molecule has 0 saturated heterocycles. The molecule has 0 amide bonds. The van der Waals surface area contributed by atoms with Crippen LogP contribution in [0.2, 0.25) is 0 Å². The molecule has 1 aromatic carbocycles. The van der Waals surface area contributed by atoms with Gasteiger partial charge < -0.3 is 10.3 Å². The van der Waals surface area contributed by atoms with E-state index in [4.69, 9.17) is 5.26 Å². The fraction of sp³-hybridized carbons (Fsp3) is 0.0667. The SMILES string of the molecule is N#Cc1ccncc1NCc1nc2ccccc2c(=O)[nH]1. The standard InChI is InChI=1S/C15H11N5O/c16-7-10-5-6-17-8-13(10)18-9-14-19-12-4-2-1-3-11(12)15(21)20-14/h1-6,8,18H,9H2,(H,19,20,21). The van der Waals surface area contributed by atoms with E-state index >= 15 is 0 Å². The Morgan fingerprint density at radius 3 is 3.00 bits per heavy atom. The number of aromatic nitrogens is 3. The Hall–Kier alpha value is -3.20. The highest BCUT2D eigenvalue weighted by molar-refractivity contribution is 5.77. The Kier molecular flexibility index (Phi) is 3.31. The van der Waals surface area contributed by atoms with Crippen molar-refractivity contribution in [1.82, 2.24) is 15.0 Å². The van der Waals surface area contributed by atoms with E-state index < -0.39 is 0 Å². The fourth-order valence-corrected chi connectivity index (χ4v) is 2.03. The Morgan fingerprint density at radius 2 is 2.14 bits per heavy atom. The molecule has 0 aliphatic carbocycles. The molecule has 0 atom stereocenters. The van der Waals surface area contributed by atoms with Crippen LogP contribution in [0.3, 0.4) is 0 Å². The lowest BCUT2D eigenvalue weighted by molar-refractivity contribution is 0.951. The zero-order valence-electron chi connectivity index (χ0n) is 11.0. The molecular formula is C15H11N5O. The van der Waals surface area contributed by atoms with Crippen LogP contribution in [-0.2, 0) is 6.54 Å². The summed E-state index contributed by atoms with van der Waals surface area (Å²) in [5.74, 6) is 0.506. The van der Waals surface area contributed by atoms with Crippen LogP contribution in [0.5, 0.6) is 0 Å². The predicted molar refractivity (Wildman–Crippen MR) is 78.6 cm³/mol. The van der Waals surface area contributed by atoms with E-state index in [-0.39, 0.29) is 5.56 Å². The Bertz CT molecular complexity index is 894. The van der Waals surface area contributed by atoms with Crippen LogP contribution in [0.4, 0.5) is 5.69 Å². The number of aromatic amines is 1. The van der Waals surface area contributed by atoms with Gasteiger partial charge in [0.1, 0.15) is 11.9 Å². The van der Waals surface area contributed by atoms with Crippen molar-refractivity contribution in [1.29, 1.82) is 5.26 Å². The minimum Gasteiger partial charge on any atom is -0.375 e. The van der Waals surface area contributed by atoms with Crippen molar-refractivity contribution in [3.05, 3.63) is 64.5 Å². The Morgan fingerprint density at radius 1 is 1.29 bits per heavy atom. The summed E-state index contributed by atoms with van der Waals surface area (Å²) in [5, 5.41) is 12.6. The molecular weight excluding hydrogens is 266 g/mol. The molecule has 3 aromatic rings. The van der Waals surface area contributed by atoms with E-state index in [1.54, 1.807) is 36.7 Å². The summed E-state index contributed by atoms with van der Waals surface area (Å²) < 4.78 is 0. The molecule has 0 aliphatic heterocycles. The second-order valence-corrected chi connectivity index (χ2v) is 4.42. The highest BCUT2D eigenvalue weighted by atomic mass is 16.1. The van der Waals surface area contributed by atoms with Crippen molar-refractivity contribution < 1.29 is 0 Å². The van der Waals surface area contributed by atoms with E-state index in [9.17, 15) is 4.79 Å². The summed E-state index contributed by atoms with van der Waals surface area (Å²) in [6.45, 7) is 0.306. The number of rotatable bonds is 3. The largest absolute Gasteiger partial charge is 0.375 e. The monoisotopic (exact) mass is 277 g/mol. The molecule has 21 heavy (non-hydrogen) atoms. The molecule has 0 radical (unpaired) electrons. The Balaban J connectivity index is 1.89. The number of para-hydroxylation sites is 1. The van der Waals surface area contributed by atoms with Crippen molar-refractivity contribution in [3.63, 3.8) is 0 Å². The van der Waals surface area contributed by atoms with Crippen LogP contribution in [0, 0.1) is 11.3 Å². The van der Waals surface area contributed by atoms with Crippen molar-refractivity contribution >= 4 is 16.6 Å². The number of H-pyrrole nitrogens is 1. The van der Waals surface area contributed by atoms with Gasteiger partial charge >= 0.3 is 0 Å². The highest BCUT2D eigenvalue weighted by Gasteiger charge is 2.05. The van der Waals surface area contributed by atoms with Gasteiger partial charge in [-0.3, -0.25) is 9.78 Å². The molecule has 2 heterocycles. The van der Waals surface area contributed by atoms with E-state index in [2.05, 4.69) is 26.3 Å². The molecule has 0 spiro atoms. The maximum absolute atomic E-state index is 11.9. The average Bonchev–Trinajstić information content (AvgIpc) is 2.53. The second kappa shape index (κ2) is 5.43. The van der Waals surface area contributed by atoms with Crippen molar-refractivity contribution in [2.24, 2.45) is 0 Å².